The van der Waals surface area contributed by atoms with Gasteiger partial charge in [-0.2, -0.15) is 0 Å². The number of aromatic nitrogens is 2. The molecular weight excluding hydrogens is 269 g/mol. The third kappa shape index (κ3) is 2.72. The summed E-state index contributed by atoms with van der Waals surface area (Å²) in [6, 6.07) is 5.54. The minimum absolute atomic E-state index is 0.0449. The summed E-state index contributed by atoms with van der Waals surface area (Å²) >= 11 is 0. The molecule has 2 aromatic heterocycles. The van der Waals surface area contributed by atoms with E-state index in [4.69, 9.17) is 8.94 Å². The summed E-state index contributed by atoms with van der Waals surface area (Å²) in [5.74, 6) is 0.430. The zero-order valence-corrected chi connectivity index (χ0v) is 11.9. The fraction of sp³-hybridized carbons (Fsp3) is 0.286. The van der Waals surface area contributed by atoms with Gasteiger partial charge in [-0.1, -0.05) is 0 Å². The Morgan fingerprint density at radius 3 is 3.00 bits per heavy atom. The molecular formula is C14H14BN3O3. The van der Waals surface area contributed by atoms with E-state index in [1.54, 1.807) is 11.8 Å². The normalized spacial score (nSPS) is 10.8. The zero-order chi connectivity index (χ0) is 14.8. The van der Waals surface area contributed by atoms with Crippen molar-refractivity contribution >= 4 is 29.7 Å². The number of carbonyl (C=O) groups is 1. The van der Waals surface area contributed by atoms with Gasteiger partial charge in [-0.05, 0) is 0 Å². The molecule has 0 unspecified atom stereocenters. The van der Waals surface area contributed by atoms with Crippen LogP contribution in [0.25, 0.3) is 11.1 Å². The second-order valence-corrected chi connectivity index (χ2v) is 4.78. The second kappa shape index (κ2) is 5.51. The molecule has 0 bridgehead atoms. The summed E-state index contributed by atoms with van der Waals surface area (Å²) < 4.78 is 10.4. The van der Waals surface area contributed by atoms with Crippen LogP contribution in [0.5, 0.6) is 0 Å². The first-order valence-electron chi connectivity index (χ1n) is 6.73. The monoisotopic (exact) mass is 283 g/mol. The van der Waals surface area contributed by atoms with Crippen molar-refractivity contribution in [1.29, 1.82) is 0 Å². The molecule has 7 heteroatoms. The van der Waals surface area contributed by atoms with Gasteiger partial charge in [0.2, 0.25) is 0 Å². The summed E-state index contributed by atoms with van der Waals surface area (Å²) in [6.45, 7) is 6.00. The van der Waals surface area contributed by atoms with E-state index in [-0.39, 0.29) is 12.3 Å². The molecule has 0 atom stereocenters. The average molecular weight is 283 g/mol. The molecule has 6 nitrogen and oxygen atoms in total. The molecule has 106 valence electrons. The number of carbonyl (C=O) groups excluding carboxylic acids is 1. The molecule has 0 aliphatic rings. The van der Waals surface area contributed by atoms with E-state index >= 15 is 0 Å². The van der Waals surface area contributed by atoms with Gasteiger partial charge in [0.15, 0.2) is 0 Å². The van der Waals surface area contributed by atoms with Crippen molar-refractivity contribution in [2.24, 2.45) is 0 Å². The van der Waals surface area contributed by atoms with Crippen LogP contribution >= 0.6 is 0 Å². The molecule has 2 heterocycles. The molecule has 0 radical (unpaired) electrons. The first-order chi connectivity index (χ1) is 10.2. The fourth-order valence-corrected chi connectivity index (χ4v) is 2.22. The number of rotatable bonds is 4. The minimum atomic E-state index is -0.0449. The van der Waals surface area contributed by atoms with Crippen molar-refractivity contribution in [3.63, 3.8) is 0 Å². The van der Waals surface area contributed by atoms with Gasteiger partial charge in [0.1, 0.15) is 0 Å². The van der Waals surface area contributed by atoms with E-state index < -0.39 is 0 Å². The van der Waals surface area contributed by atoms with Gasteiger partial charge in [0.05, 0.1) is 0 Å². The number of oxazole rings is 1. The molecule has 0 aliphatic carbocycles. The van der Waals surface area contributed by atoms with Crippen LogP contribution in [0.2, 0.25) is 0 Å². The summed E-state index contributed by atoms with van der Waals surface area (Å²) in [4.78, 5) is 18.1. The van der Waals surface area contributed by atoms with Crippen LogP contribution in [0.3, 0.4) is 0 Å². The van der Waals surface area contributed by atoms with E-state index in [2.05, 4.69) is 10.1 Å². The number of likely N-dealkylation sites (N-methyl/N-ethyl adjacent to an activating group) is 1. The molecule has 21 heavy (non-hydrogen) atoms. The number of hydrogen-bond donors (Lipinski definition) is 0. The predicted octanol–water partition coefficient (Wildman–Crippen LogP) is 2.06. The van der Waals surface area contributed by atoms with Gasteiger partial charge >= 0.3 is 121 Å². The van der Waals surface area contributed by atoms with E-state index in [0.717, 1.165) is 16.7 Å². The number of anilines is 1. The Bertz CT molecular complexity index is 780. The van der Waals surface area contributed by atoms with Crippen LogP contribution in [0.15, 0.2) is 33.5 Å². The van der Waals surface area contributed by atoms with E-state index in [9.17, 15) is 4.79 Å². The van der Waals surface area contributed by atoms with Gasteiger partial charge in [0.25, 0.3) is 0 Å². The molecule has 1 amide bonds. The Labute approximate surface area is 121 Å². The Hall–Kier alpha value is -2.44. The fourth-order valence-electron chi connectivity index (χ4n) is 2.22. The molecule has 3 rings (SSSR count). The van der Waals surface area contributed by atoms with Gasteiger partial charge < -0.3 is 0 Å². The standard InChI is InChI=1S/C14H14BN3O3/c1-3-18(14-15-9(2)17-21-14)13(19)7-10-4-5-12-11(6-10)16-8-20-12/h4-6,8H,3,7H2,1-2H3. The van der Waals surface area contributed by atoms with Crippen molar-refractivity contribution < 1.29 is 13.7 Å². The van der Waals surface area contributed by atoms with Crippen LogP contribution in [0.4, 0.5) is 5.78 Å². The molecule has 0 spiro atoms. The van der Waals surface area contributed by atoms with Crippen LogP contribution in [0.1, 0.15) is 18.1 Å². The molecule has 0 fully saturated rings. The number of amides is 1. The van der Waals surface area contributed by atoms with Crippen LogP contribution < -0.4 is 4.90 Å². The number of fused-ring (bicyclic) bond motifs is 1. The number of aryl methyl sites for hydroxylation is 1. The number of nitrogens with zero attached hydrogens (tertiary/aromatic N) is 3. The van der Waals surface area contributed by atoms with Crippen molar-refractivity contribution in [3.8, 4) is 0 Å². The van der Waals surface area contributed by atoms with Gasteiger partial charge in [0, 0.05) is 0 Å². The molecule has 3 aromatic rings. The van der Waals surface area contributed by atoms with E-state index in [0.29, 0.717) is 17.9 Å². The van der Waals surface area contributed by atoms with Crippen molar-refractivity contribution in [2.75, 3.05) is 11.4 Å². The average Bonchev–Trinajstić information content (AvgIpc) is 3.08. The molecule has 0 saturated carbocycles. The van der Waals surface area contributed by atoms with Crippen LogP contribution in [-0.4, -0.2) is 29.5 Å². The van der Waals surface area contributed by atoms with Crippen molar-refractivity contribution in [2.45, 2.75) is 20.3 Å². The maximum atomic E-state index is 12.4. The molecule has 0 aliphatic heterocycles. The maximum absolute atomic E-state index is 12.4. The molecule has 0 N–H and O–H groups in total. The quantitative estimate of drug-likeness (QED) is 0.732. The van der Waals surface area contributed by atoms with Gasteiger partial charge in [-0.15, -0.1) is 0 Å². The number of benzene rings is 1. The second-order valence-electron chi connectivity index (χ2n) is 4.78. The summed E-state index contributed by atoms with van der Waals surface area (Å²) in [6.07, 6.45) is 1.67. The van der Waals surface area contributed by atoms with Gasteiger partial charge in [-0.3, -0.25) is 0 Å². The number of hydrogen-bond acceptors (Lipinski definition) is 5. The van der Waals surface area contributed by atoms with E-state index in [1.807, 2.05) is 32.0 Å². The van der Waals surface area contributed by atoms with Gasteiger partial charge in [-0.25, -0.2) is 0 Å². The Morgan fingerprint density at radius 1 is 1.43 bits per heavy atom. The predicted molar refractivity (Wildman–Crippen MR) is 78.3 cm³/mol. The van der Waals surface area contributed by atoms with Crippen molar-refractivity contribution in [3.05, 3.63) is 35.7 Å². The van der Waals surface area contributed by atoms with Crippen molar-refractivity contribution in [1.82, 2.24) is 10.1 Å². The topological polar surface area (TPSA) is 72.4 Å². The summed E-state index contributed by atoms with van der Waals surface area (Å²) in [5.41, 5.74) is 3.10. The third-order valence-electron chi connectivity index (χ3n) is 3.25. The zero-order valence-electron chi connectivity index (χ0n) is 11.9. The Morgan fingerprint density at radius 2 is 2.29 bits per heavy atom. The van der Waals surface area contributed by atoms with Crippen LogP contribution in [0, 0.1) is 6.92 Å². The van der Waals surface area contributed by atoms with Crippen LogP contribution in [-0.2, 0) is 11.2 Å². The molecule has 0 saturated heterocycles. The SMILES string of the molecule is CCN(C(=O)Cc1ccc2ocnc2c1)c1bc(C)no1. The molecule has 1 aromatic carbocycles. The first kappa shape index (κ1) is 13.5. The third-order valence-corrected chi connectivity index (χ3v) is 3.25. The summed E-state index contributed by atoms with van der Waals surface area (Å²) in [5, 5.41) is 3.82. The Kier molecular flexibility index (Phi) is 3.56. The Balaban J connectivity index is 1.80. The van der Waals surface area contributed by atoms with E-state index in [1.165, 1.54) is 6.39 Å². The summed E-state index contributed by atoms with van der Waals surface area (Å²) in [7, 11) is 0. The first-order valence-corrected chi connectivity index (χ1v) is 6.73.